The maximum Gasteiger partial charge on any atom is 0.250 e. The Morgan fingerprint density at radius 1 is 1.45 bits per heavy atom. The molecule has 0 aliphatic rings. The number of pyridine rings is 1. The molecule has 1 amide bonds. The molecule has 22 heavy (non-hydrogen) atoms. The topological polar surface area (TPSA) is 85.4 Å². The van der Waals surface area contributed by atoms with Crippen LogP contribution in [-0.4, -0.2) is 28.7 Å². The zero-order valence-electron chi connectivity index (χ0n) is 13.4. The molecule has 0 fully saturated rings. The lowest BCUT2D eigenvalue weighted by molar-refractivity contribution is -0.140. The second kappa shape index (κ2) is 8.48. The number of halogens is 1. The molecule has 0 saturated carbocycles. The maximum absolute atomic E-state index is 12.0. The maximum atomic E-state index is 12.0. The highest BCUT2D eigenvalue weighted by Crippen LogP contribution is 2.38. The lowest BCUT2D eigenvalue weighted by Crippen LogP contribution is -2.48. The first-order valence-electron chi connectivity index (χ1n) is 7.62. The number of ether oxygens (including phenoxy) is 1. The minimum Gasteiger partial charge on any atom is -0.481 e. The number of carbonyl (C=O) groups excluding carboxylic acids is 1. The molecular weight excluding hydrogens is 348 g/mol. The molecule has 0 aliphatic carbocycles. The number of aliphatic hydroxyl groups is 1. The molecule has 0 aromatic carbocycles. The van der Waals surface area contributed by atoms with E-state index in [0.29, 0.717) is 23.3 Å². The van der Waals surface area contributed by atoms with E-state index >= 15 is 0 Å². The molecule has 0 radical (unpaired) electrons. The molecule has 0 saturated heterocycles. The Morgan fingerprint density at radius 3 is 2.64 bits per heavy atom. The van der Waals surface area contributed by atoms with E-state index in [2.05, 4.69) is 20.9 Å². The number of carbonyl (C=O) groups is 1. The third-order valence-corrected chi connectivity index (χ3v) is 4.30. The van der Waals surface area contributed by atoms with E-state index in [1.54, 1.807) is 6.07 Å². The van der Waals surface area contributed by atoms with Crippen LogP contribution in [-0.2, 0) is 4.79 Å². The predicted molar refractivity (Wildman–Crippen MR) is 89.8 cm³/mol. The highest BCUT2D eigenvalue weighted by molar-refractivity contribution is 9.10. The number of amides is 1. The van der Waals surface area contributed by atoms with Crippen LogP contribution in [0.15, 0.2) is 16.7 Å². The summed E-state index contributed by atoms with van der Waals surface area (Å²) in [5.74, 6) is -0.617. The summed E-state index contributed by atoms with van der Waals surface area (Å²) in [5, 5.41) is 11.0. The van der Waals surface area contributed by atoms with Gasteiger partial charge in [-0.3, -0.25) is 4.79 Å². The Hall–Kier alpha value is -1.14. The SMILES string of the molecule is CCCCC(O)(C(N)=O)C(CCC)c1cc(Br)nc(OC)c1. The van der Waals surface area contributed by atoms with Crippen LogP contribution in [0, 0.1) is 0 Å². The molecule has 3 N–H and O–H groups in total. The van der Waals surface area contributed by atoms with Gasteiger partial charge in [0, 0.05) is 12.0 Å². The van der Waals surface area contributed by atoms with E-state index in [1.165, 1.54) is 7.11 Å². The second-order valence-corrected chi connectivity index (χ2v) is 6.31. The fourth-order valence-electron chi connectivity index (χ4n) is 2.68. The van der Waals surface area contributed by atoms with Crippen molar-refractivity contribution in [3.05, 3.63) is 22.3 Å². The molecule has 124 valence electrons. The fraction of sp³-hybridized carbons (Fsp3) is 0.625. The average Bonchev–Trinajstić information content (AvgIpc) is 2.49. The monoisotopic (exact) mass is 372 g/mol. The number of rotatable bonds is 9. The Balaban J connectivity index is 3.30. The summed E-state index contributed by atoms with van der Waals surface area (Å²) in [6.45, 7) is 4.03. The molecule has 0 aliphatic heterocycles. The highest BCUT2D eigenvalue weighted by Gasteiger charge is 2.42. The molecule has 1 heterocycles. The Labute approximate surface area is 140 Å². The lowest BCUT2D eigenvalue weighted by Gasteiger charge is -2.34. The van der Waals surface area contributed by atoms with Gasteiger partial charge in [0.05, 0.1) is 7.11 Å². The molecule has 1 rings (SSSR count). The third-order valence-electron chi connectivity index (χ3n) is 3.90. The van der Waals surface area contributed by atoms with Crippen LogP contribution >= 0.6 is 15.9 Å². The summed E-state index contributed by atoms with van der Waals surface area (Å²) >= 11 is 3.34. The number of primary amides is 1. The number of hydrogen-bond donors (Lipinski definition) is 2. The minimum absolute atomic E-state index is 0.353. The van der Waals surface area contributed by atoms with Crippen molar-refractivity contribution in [1.29, 1.82) is 0 Å². The van der Waals surface area contributed by atoms with Crippen molar-refractivity contribution < 1.29 is 14.6 Å². The van der Waals surface area contributed by atoms with Crippen LogP contribution in [0.2, 0.25) is 0 Å². The van der Waals surface area contributed by atoms with Gasteiger partial charge in [0.25, 0.3) is 0 Å². The van der Waals surface area contributed by atoms with Crippen LogP contribution in [0.3, 0.4) is 0 Å². The first kappa shape index (κ1) is 18.9. The van der Waals surface area contributed by atoms with E-state index in [9.17, 15) is 9.90 Å². The normalized spacial score (nSPS) is 15.1. The van der Waals surface area contributed by atoms with Crippen LogP contribution < -0.4 is 10.5 Å². The molecule has 2 unspecified atom stereocenters. The van der Waals surface area contributed by atoms with Crippen LogP contribution in [0.1, 0.15) is 57.4 Å². The van der Waals surface area contributed by atoms with E-state index in [1.807, 2.05) is 19.9 Å². The standard InChI is InChI=1S/C16H25BrN2O3/c1-4-6-8-16(21,15(18)20)12(7-5-2)11-9-13(17)19-14(10-11)22-3/h9-10,12,21H,4-8H2,1-3H3,(H2,18,20). The van der Waals surface area contributed by atoms with Crippen LogP contribution in [0.5, 0.6) is 5.88 Å². The van der Waals surface area contributed by atoms with Gasteiger partial charge in [-0.1, -0.05) is 33.1 Å². The molecule has 2 atom stereocenters. The van der Waals surface area contributed by atoms with E-state index < -0.39 is 11.5 Å². The largest absolute Gasteiger partial charge is 0.481 e. The third kappa shape index (κ3) is 4.43. The number of aromatic nitrogens is 1. The molecule has 0 spiro atoms. The summed E-state index contributed by atoms with van der Waals surface area (Å²) in [7, 11) is 1.53. The molecule has 1 aromatic rings. The first-order valence-corrected chi connectivity index (χ1v) is 8.42. The van der Waals surface area contributed by atoms with Gasteiger partial charge in [-0.15, -0.1) is 0 Å². The van der Waals surface area contributed by atoms with Gasteiger partial charge in [0.1, 0.15) is 10.2 Å². The van der Waals surface area contributed by atoms with Gasteiger partial charge < -0.3 is 15.6 Å². The Kier molecular flexibility index (Phi) is 7.29. The minimum atomic E-state index is -1.56. The summed E-state index contributed by atoms with van der Waals surface area (Å²) in [4.78, 5) is 16.2. The Bertz CT molecular complexity index is 510. The lowest BCUT2D eigenvalue weighted by atomic mass is 9.76. The van der Waals surface area contributed by atoms with E-state index in [4.69, 9.17) is 10.5 Å². The smallest absolute Gasteiger partial charge is 0.250 e. The van der Waals surface area contributed by atoms with Crippen LogP contribution in [0.25, 0.3) is 0 Å². The van der Waals surface area contributed by atoms with Crippen molar-refractivity contribution in [2.24, 2.45) is 5.73 Å². The zero-order valence-corrected chi connectivity index (χ0v) is 15.0. The highest BCUT2D eigenvalue weighted by atomic mass is 79.9. The number of unbranched alkanes of at least 4 members (excludes halogenated alkanes) is 1. The number of nitrogens with two attached hydrogens (primary N) is 1. The molecule has 0 bridgehead atoms. The fourth-order valence-corrected chi connectivity index (χ4v) is 3.12. The van der Waals surface area contributed by atoms with E-state index in [0.717, 1.165) is 24.8 Å². The quantitative estimate of drug-likeness (QED) is 0.651. The molecule has 6 heteroatoms. The average molecular weight is 373 g/mol. The van der Waals surface area contributed by atoms with Gasteiger partial charge in [-0.2, -0.15) is 0 Å². The van der Waals surface area contributed by atoms with Gasteiger partial charge in [0.2, 0.25) is 11.8 Å². The summed E-state index contributed by atoms with van der Waals surface area (Å²) in [6.07, 6.45) is 3.46. The molecule has 1 aromatic heterocycles. The van der Waals surface area contributed by atoms with Crippen molar-refractivity contribution in [2.75, 3.05) is 7.11 Å². The van der Waals surface area contributed by atoms with Gasteiger partial charge in [-0.05, 0) is 40.4 Å². The molecule has 5 nitrogen and oxygen atoms in total. The Morgan fingerprint density at radius 2 is 2.14 bits per heavy atom. The predicted octanol–water partition coefficient (Wildman–Crippen LogP) is 3.14. The van der Waals surface area contributed by atoms with Crippen molar-refractivity contribution in [3.8, 4) is 5.88 Å². The van der Waals surface area contributed by atoms with Gasteiger partial charge >= 0.3 is 0 Å². The van der Waals surface area contributed by atoms with Crippen molar-refractivity contribution in [2.45, 2.75) is 57.5 Å². The number of hydrogen-bond acceptors (Lipinski definition) is 4. The van der Waals surface area contributed by atoms with Gasteiger partial charge in [0.15, 0.2) is 0 Å². The van der Waals surface area contributed by atoms with Crippen molar-refractivity contribution in [3.63, 3.8) is 0 Å². The summed E-state index contributed by atoms with van der Waals surface area (Å²) in [6, 6.07) is 3.56. The summed E-state index contributed by atoms with van der Waals surface area (Å²) < 4.78 is 5.78. The number of nitrogens with zero attached hydrogens (tertiary/aromatic N) is 1. The van der Waals surface area contributed by atoms with Crippen molar-refractivity contribution in [1.82, 2.24) is 4.98 Å². The van der Waals surface area contributed by atoms with Gasteiger partial charge in [-0.25, -0.2) is 4.98 Å². The van der Waals surface area contributed by atoms with Crippen LogP contribution in [0.4, 0.5) is 0 Å². The van der Waals surface area contributed by atoms with Crippen molar-refractivity contribution >= 4 is 21.8 Å². The second-order valence-electron chi connectivity index (χ2n) is 5.50. The summed E-state index contributed by atoms with van der Waals surface area (Å²) in [5.41, 5.74) is 4.79. The molecular formula is C16H25BrN2O3. The zero-order chi connectivity index (χ0) is 16.8. The first-order chi connectivity index (χ1) is 10.4. The number of methoxy groups -OCH3 is 1. The van der Waals surface area contributed by atoms with E-state index in [-0.39, 0.29) is 5.92 Å².